The summed E-state index contributed by atoms with van der Waals surface area (Å²) in [5.74, 6) is -0.835. The van der Waals surface area contributed by atoms with Crippen molar-refractivity contribution in [2.24, 2.45) is 5.73 Å². The number of nitrogens with two attached hydrogens (primary N) is 1. The highest BCUT2D eigenvalue weighted by molar-refractivity contribution is 7.47. The highest BCUT2D eigenvalue weighted by Gasteiger charge is 2.26. The first-order chi connectivity index (χ1) is 33.8. The molecule has 0 bridgehead atoms. The van der Waals surface area contributed by atoms with Crippen molar-refractivity contribution >= 4 is 19.8 Å². The zero-order valence-electron chi connectivity index (χ0n) is 44.3. The second-order valence-corrected chi connectivity index (χ2v) is 19.9. The van der Waals surface area contributed by atoms with E-state index < -0.39 is 26.5 Å². The average Bonchev–Trinajstić information content (AvgIpc) is 3.34. The molecule has 0 fully saturated rings. The first-order valence-corrected chi connectivity index (χ1v) is 29.6. The number of phosphoric acid groups is 1. The Bertz CT molecular complexity index is 1400. The lowest BCUT2D eigenvalue weighted by Crippen LogP contribution is -2.29. The Morgan fingerprint density at radius 1 is 0.449 bits per heavy atom. The molecule has 0 aliphatic rings. The largest absolute Gasteiger partial charge is 0.472 e. The predicted octanol–water partition coefficient (Wildman–Crippen LogP) is 17.5. The van der Waals surface area contributed by atoms with E-state index in [1.165, 1.54) is 122 Å². The molecule has 9 nitrogen and oxygen atoms in total. The highest BCUT2D eigenvalue weighted by atomic mass is 31.2. The molecular formula is C59H104NO8P. The number of esters is 2. The van der Waals surface area contributed by atoms with Gasteiger partial charge in [0.1, 0.15) is 6.61 Å². The molecule has 0 heterocycles. The van der Waals surface area contributed by atoms with Crippen LogP contribution in [-0.4, -0.2) is 49.3 Å². The van der Waals surface area contributed by atoms with Crippen LogP contribution in [0.1, 0.15) is 245 Å². The van der Waals surface area contributed by atoms with Crippen LogP contribution in [0.5, 0.6) is 0 Å². The Hall–Kier alpha value is -2.81. The van der Waals surface area contributed by atoms with Crippen molar-refractivity contribution in [1.82, 2.24) is 0 Å². The van der Waals surface area contributed by atoms with Crippen LogP contribution >= 0.6 is 7.82 Å². The van der Waals surface area contributed by atoms with Crippen molar-refractivity contribution in [2.45, 2.75) is 251 Å². The molecule has 0 aromatic rings. The van der Waals surface area contributed by atoms with E-state index in [0.29, 0.717) is 6.42 Å². The zero-order valence-corrected chi connectivity index (χ0v) is 45.2. The second kappa shape index (κ2) is 54.5. The number of phosphoric ester groups is 1. The second-order valence-electron chi connectivity index (χ2n) is 18.4. The van der Waals surface area contributed by atoms with Crippen molar-refractivity contribution in [3.05, 3.63) is 85.1 Å². The molecule has 3 N–H and O–H groups in total. The fraction of sp³-hybridized carbons (Fsp3) is 0.729. The molecule has 0 rings (SSSR count). The molecule has 0 aromatic heterocycles. The molecule has 0 saturated carbocycles. The molecule has 2 unspecified atom stereocenters. The summed E-state index contributed by atoms with van der Waals surface area (Å²) >= 11 is 0. The summed E-state index contributed by atoms with van der Waals surface area (Å²) in [6, 6.07) is 0. The summed E-state index contributed by atoms with van der Waals surface area (Å²) in [6.07, 6.45) is 70.6. The van der Waals surface area contributed by atoms with E-state index in [4.69, 9.17) is 24.3 Å². The summed E-state index contributed by atoms with van der Waals surface area (Å²) in [7, 11) is -4.39. The van der Waals surface area contributed by atoms with Gasteiger partial charge in [-0.25, -0.2) is 4.57 Å². The third-order valence-electron chi connectivity index (χ3n) is 11.8. The lowest BCUT2D eigenvalue weighted by atomic mass is 10.0. The minimum absolute atomic E-state index is 0.0497. The van der Waals surface area contributed by atoms with Gasteiger partial charge in [0.25, 0.3) is 0 Å². The molecule has 0 amide bonds. The van der Waals surface area contributed by atoms with Crippen molar-refractivity contribution < 1.29 is 37.6 Å². The van der Waals surface area contributed by atoms with Crippen LogP contribution < -0.4 is 5.73 Å². The predicted molar refractivity (Wildman–Crippen MR) is 293 cm³/mol. The summed E-state index contributed by atoms with van der Waals surface area (Å²) in [5, 5.41) is 0. The van der Waals surface area contributed by atoms with Crippen LogP contribution in [0.25, 0.3) is 0 Å². The van der Waals surface area contributed by atoms with Gasteiger partial charge in [0, 0.05) is 19.4 Å². The fourth-order valence-corrected chi connectivity index (χ4v) is 8.40. The van der Waals surface area contributed by atoms with Gasteiger partial charge in [-0.3, -0.25) is 18.6 Å². The van der Waals surface area contributed by atoms with Gasteiger partial charge in [0.2, 0.25) is 0 Å². The van der Waals surface area contributed by atoms with Crippen LogP contribution in [0.2, 0.25) is 0 Å². The standard InChI is InChI=1S/C59H104NO8P/c1-3-5-7-9-11-13-15-17-19-21-22-23-24-25-26-27-28-29-30-31-32-33-34-36-38-40-42-44-46-48-50-52-59(62)68-57(56-67-69(63,64)66-54-53-60)55-65-58(61)51-49-47-45-43-41-39-37-35-20-18-16-14-12-10-8-6-4-2/h5,7,11-14,17-20,22-23,25-26,57H,3-4,6,8-10,15-16,21,24,27-56,60H2,1-2H3,(H,63,64)/b7-5-,13-11-,14-12-,19-17-,20-18-,23-22-,26-25-. The third-order valence-corrected chi connectivity index (χ3v) is 12.7. The Kier molecular flexibility index (Phi) is 52.3. The van der Waals surface area contributed by atoms with Gasteiger partial charge < -0.3 is 20.1 Å². The summed E-state index contributed by atoms with van der Waals surface area (Å²) in [4.78, 5) is 35.1. The molecule has 398 valence electrons. The summed E-state index contributed by atoms with van der Waals surface area (Å²) in [5.41, 5.74) is 5.38. The minimum Gasteiger partial charge on any atom is -0.462 e. The Labute approximate surface area is 424 Å². The van der Waals surface area contributed by atoms with E-state index in [-0.39, 0.29) is 38.6 Å². The molecule has 69 heavy (non-hydrogen) atoms. The van der Waals surface area contributed by atoms with Gasteiger partial charge >= 0.3 is 19.8 Å². The van der Waals surface area contributed by atoms with Gasteiger partial charge in [0.05, 0.1) is 13.2 Å². The fourth-order valence-electron chi connectivity index (χ4n) is 7.63. The Morgan fingerprint density at radius 3 is 1.19 bits per heavy atom. The summed E-state index contributed by atoms with van der Waals surface area (Å²) in [6.45, 7) is 3.60. The zero-order chi connectivity index (χ0) is 50.2. The van der Waals surface area contributed by atoms with Gasteiger partial charge in [-0.15, -0.1) is 0 Å². The van der Waals surface area contributed by atoms with Gasteiger partial charge in [0.15, 0.2) is 6.10 Å². The van der Waals surface area contributed by atoms with E-state index in [1.54, 1.807) is 0 Å². The smallest absolute Gasteiger partial charge is 0.462 e. The number of carbonyl (C=O) groups is 2. The third kappa shape index (κ3) is 54.4. The lowest BCUT2D eigenvalue weighted by molar-refractivity contribution is -0.161. The first kappa shape index (κ1) is 66.2. The maximum Gasteiger partial charge on any atom is 0.472 e. The number of rotatable bonds is 52. The van der Waals surface area contributed by atoms with E-state index in [9.17, 15) is 19.0 Å². The van der Waals surface area contributed by atoms with Gasteiger partial charge in [-0.1, -0.05) is 227 Å². The summed E-state index contributed by atoms with van der Waals surface area (Å²) < 4.78 is 33.0. The Morgan fingerprint density at radius 2 is 0.797 bits per heavy atom. The van der Waals surface area contributed by atoms with E-state index in [1.807, 2.05) is 0 Å². The van der Waals surface area contributed by atoms with Gasteiger partial charge in [-0.2, -0.15) is 0 Å². The monoisotopic (exact) mass is 986 g/mol. The molecule has 0 aromatic carbocycles. The van der Waals surface area contributed by atoms with E-state index in [2.05, 4.69) is 98.9 Å². The van der Waals surface area contributed by atoms with Crippen molar-refractivity contribution in [2.75, 3.05) is 26.4 Å². The topological polar surface area (TPSA) is 134 Å². The van der Waals surface area contributed by atoms with Crippen LogP contribution in [0.3, 0.4) is 0 Å². The molecule has 0 spiro atoms. The van der Waals surface area contributed by atoms with Crippen LogP contribution in [0, 0.1) is 0 Å². The number of ether oxygens (including phenoxy) is 2. The molecule has 0 aliphatic carbocycles. The number of unbranched alkanes of at least 4 members (excludes halogenated alkanes) is 25. The average molecular weight is 986 g/mol. The van der Waals surface area contributed by atoms with E-state index >= 15 is 0 Å². The Balaban J connectivity index is 3.96. The molecular weight excluding hydrogens is 882 g/mol. The first-order valence-electron chi connectivity index (χ1n) is 28.1. The SMILES string of the molecule is CC/C=C\C/C=C\C/C=C\C/C=C\C/C=C\CCCCCCCCCCCCCCCCCC(=O)OC(COC(=O)CCCCCCCCC/C=C\C/C=C\CCCCC)COP(=O)(O)OCCN. The molecule has 0 aliphatic heterocycles. The van der Waals surface area contributed by atoms with Crippen LogP contribution in [0.15, 0.2) is 85.1 Å². The highest BCUT2D eigenvalue weighted by Crippen LogP contribution is 2.43. The molecule has 10 heteroatoms. The van der Waals surface area contributed by atoms with E-state index in [0.717, 1.165) is 89.9 Å². The maximum atomic E-state index is 12.7. The lowest BCUT2D eigenvalue weighted by Gasteiger charge is -2.19. The van der Waals surface area contributed by atoms with Crippen LogP contribution in [0.4, 0.5) is 0 Å². The number of hydrogen-bond donors (Lipinski definition) is 2. The molecule has 0 saturated heterocycles. The number of allylic oxidation sites excluding steroid dienone is 14. The normalized spacial score (nSPS) is 13.7. The molecule has 0 radical (unpaired) electrons. The maximum absolute atomic E-state index is 12.7. The van der Waals surface area contributed by atoms with Crippen molar-refractivity contribution in [3.63, 3.8) is 0 Å². The molecule has 2 atom stereocenters. The number of hydrogen-bond acceptors (Lipinski definition) is 8. The van der Waals surface area contributed by atoms with Gasteiger partial charge in [-0.05, 0) is 89.9 Å². The van der Waals surface area contributed by atoms with Crippen molar-refractivity contribution in [1.29, 1.82) is 0 Å². The van der Waals surface area contributed by atoms with Crippen LogP contribution in [-0.2, 0) is 32.7 Å². The van der Waals surface area contributed by atoms with Crippen molar-refractivity contribution in [3.8, 4) is 0 Å². The quantitative estimate of drug-likeness (QED) is 0.0264. The minimum atomic E-state index is -4.39. The number of carbonyl (C=O) groups excluding carboxylic acids is 2.